The van der Waals surface area contributed by atoms with Crippen LogP contribution in [0.1, 0.15) is 56.1 Å². The smallest absolute Gasteiger partial charge is 0.331 e. The number of hydrogen-bond donors (Lipinski definition) is 1. The number of ether oxygens (including phenoxy) is 6. The summed E-state index contributed by atoms with van der Waals surface area (Å²) < 4.78 is 33.6. The zero-order valence-electron chi connectivity index (χ0n) is 23.4. The second-order valence-corrected chi connectivity index (χ2v) is 9.44. The first-order chi connectivity index (χ1) is 19.3. The molecule has 0 radical (unpaired) electrons. The van der Waals surface area contributed by atoms with Gasteiger partial charge in [-0.2, -0.15) is 0 Å². The highest BCUT2D eigenvalue weighted by Crippen LogP contribution is 2.30. The highest BCUT2D eigenvalue weighted by molar-refractivity contribution is 5.98. The van der Waals surface area contributed by atoms with Gasteiger partial charge in [-0.1, -0.05) is 50.1 Å². The number of esters is 2. The zero-order valence-corrected chi connectivity index (χ0v) is 23.4. The molecule has 40 heavy (non-hydrogen) atoms. The van der Waals surface area contributed by atoms with Crippen molar-refractivity contribution in [1.29, 1.82) is 0 Å². The van der Waals surface area contributed by atoms with Crippen LogP contribution in [0.4, 0.5) is 0 Å². The fourth-order valence-electron chi connectivity index (χ4n) is 4.35. The molecule has 1 saturated heterocycles. The van der Waals surface area contributed by atoms with Gasteiger partial charge in [0.1, 0.15) is 6.10 Å². The van der Waals surface area contributed by atoms with Gasteiger partial charge in [-0.25, -0.2) is 9.78 Å². The van der Waals surface area contributed by atoms with E-state index in [2.05, 4.69) is 17.2 Å². The van der Waals surface area contributed by atoms with E-state index >= 15 is 0 Å². The van der Waals surface area contributed by atoms with Gasteiger partial charge in [0.05, 0.1) is 33.0 Å². The van der Waals surface area contributed by atoms with Gasteiger partial charge in [0.15, 0.2) is 23.2 Å². The van der Waals surface area contributed by atoms with Gasteiger partial charge in [0, 0.05) is 25.1 Å². The quantitative estimate of drug-likeness (QED) is 0.305. The molecule has 1 amide bonds. The SMILES string of the molecule is CCCCC1C(C)OC(=O)C(NC(=O)c2nccc(OC)c2OCOC(C)=O)COCC1OCc1ccccc1. The van der Waals surface area contributed by atoms with E-state index in [1.54, 1.807) is 0 Å². The Labute approximate surface area is 234 Å². The molecule has 4 atom stereocenters. The Bertz CT molecular complexity index is 1110. The van der Waals surface area contributed by atoms with Crippen molar-refractivity contribution in [2.45, 2.75) is 64.9 Å². The van der Waals surface area contributed by atoms with Gasteiger partial charge in [-0.3, -0.25) is 9.59 Å². The minimum absolute atomic E-state index is 0.0384. The van der Waals surface area contributed by atoms with E-state index in [1.807, 2.05) is 37.3 Å². The fraction of sp³-hybridized carbons (Fsp3) is 0.517. The summed E-state index contributed by atoms with van der Waals surface area (Å²) in [5.74, 6) is -1.83. The number of aromatic nitrogens is 1. The lowest BCUT2D eigenvalue weighted by molar-refractivity contribution is -0.155. The van der Waals surface area contributed by atoms with Crippen molar-refractivity contribution < 1.29 is 42.8 Å². The van der Waals surface area contributed by atoms with Gasteiger partial charge in [0.25, 0.3) is 5.91 Å². The minimum atomic E-state index is -1.11. The van der Waals surface area contributed by atoms with Crippen molar-refractivity contribution in [2.75, 3.05) is 27.1 Å². The van der Waals surface area contributed by atoms with Gasteiger partial charge >= 0.3 is 11.9 Å². The molecule has 2 aromatic rings. The van der Waals surface area contributed by atoms with E-state index in [-0.39, 0.29) is 42.4 Å². The topological polar surface area (TPSA) is 132 Å². The van der Waals surface area contributed by atoms with Crippen LogP contribution in [0.3, 0.4) is 0 Å². The molecule has 0 spiro atoms. The van der Waals surface area contributed by atoms with Crippen LogP contribution < -0.4 is 14.8 Å². The number of cyclic esters (lactones) is 1. The van der Waals surface area contributed by atoms with Crippen LogP contribution >= 0.6 is 0 Å². The number of amides is 1. The predicted octanol–water partition coefficient (Wildman–Crippen LogP) is 3.44. The molecule has 1 aromatic carbocycles. The Kier molecular flexibility index (Phi) is 12.2. The van der Waals surface area contributed by atoms with E-state index in [9.17, 15) is 14.4 Å². The van der Waals surface area contributed by atoms with Gasteiger partial charge in [-0.05, 0) is 18.9 Å². The van der Waals surface area contributed by atoms with Gasteiger partial charge < -0.3 is 33.7 Å². The predicted molar refractivity (Wildman–Crippen MR) is 144 cm³/mol. The summed E-state index contributed by atoms with van der Waals surface area (Å²) in [7, 11) is 1.39. The first-order valence-electron chi connectivity index (χ1n) is 13.4. The lowest BCUT2D eigenvalue weighted by Crippen LogP contribution is -2.46. The molecule has 4 unspecified atom stereocenters. The molecule has 11 nitrogen and oxygen atoms in total. The third kappa shape index (κ3) is 8.92. The Balaban J connectivity index is 1.74. The number of carbonyl (C=O) groups excluding carboxylic acids is 3. The maximum atomic E-state index is 13.2. The molecule has 218 valence electrons. The largest absolute Gasteiger partial charge is 0.493 e. The molecule has 1 aromatic heterocycles. The van der Waals surface area contributed by atoms with Gasteiger partial charge in [-0.15, -0.1) is 0 Å². The maximum absolute atomic E-state index is 13.2. The van der Waals surface area contributed by atoms with E-state index in [0.29, 0.717) is 6.61 Å². The lowest BCUT2D eigenvalue weighted by atomic mass is 9.91. The summed E-state index contributed by atoms with van der Waals surface area (Å²) in [5.41, 5.74) is 0.876. The van der Waals surface area contributed by atoms with Crippen LogP contribution in [-0.4, -0.2) is 68.2 Å². The number of methoxy groups -OCH3 is 1. The third-order valence-electron chi connectivity index (χ3n) is 6.51. The molecule has 11 heteroatoms. The summed E-state index contributed by atoms with van der Waals surface area (Å²) in [6.07, 6.45) is 3.29. The molecule has 0 bridgehead atoms. The number of benzene rings is 1. The average Bonchev–Trinajstić information content (AvgIpc) is 2.99. The molecule has 0 aliphatic carbocycles. The van der Waals surface area contributed by atoms with Gasteiger partial charge in [0.2, 0.25) is 6.79 Å². The molecule has 1 aliphatic rings. The fourth-order valence-corrected chi connectivity index (χ4v) is 4.35. The van der Waals surface area contributed by atoms with Crippen LogP contribution in [0.25, 0.3) is 0 Å². The van der Waals surface area contributed by atoms with E-state index in [4.69, 9.17) is 28.4 Å². The Morgan fingerprint density at radius 1 is 1.15 bits per heavy atom. The van der Waals surface area contributed by atoms with Crippen molar-refractivity contribution >= 4 is 17.8 Å². The Hall–Kier alpha value is -3.70. The summed E-state index contributed by atoms with van der Waals surface area (Å²) in [6.45, 7) is 5.21. The van der Waals surface area contributed by atoms with Crippen molar-refractivity contribution in [3.8, 4) is 11.5 Å². The molecule has 3 rings (SSSR count). The van der Waals surface area contributed by atoms with E-state index in [0.717, 1.165) is 24.8 Å². The van der Waals surface area contributed by atoms with Crippen LogP contribution in [0.5, 0.6) is 11.5 Å². The van der Waals surface area contributed by atoms with Crippen LogP contribution in [-0.2, 0) is 35.1 Å². The standard InChI is InChI=1S/C29H38N2O9/c1-5-6-12-22-19(2)40-29(34)23(16-36-17-25(22)37-15-21-10-8-7-9-11-21)31-28(33)26-27(39-18-38-20(3)32)24(35-4)13-14-30-26/h7-11,13-14,19,22-23,25H,5-6,12,15-18H2,1-4H3,(H,31,33). The van der Waals surface area contributed by atoms with Crippen LogP contribution in [0, 0.1) is 5.92 Å². The number of rotatable bonds is 12. The minimum Gasteiger partial charge on any atom is -0.493 e. The van der Waals surface area contributed by atoms with E-state index in [1.165, 1.54) is 26.3 Å². The highest BCUT2D eigenvalue weighted by atomic mass is 16.7. The lowest BCUT2D eigenvalue weighted by Gasteiger charge is -2.30. The third-order valence-corrected chi connectivity index (χ3v) is 6.51. The summed E-state index contributed by atoms with van der Waals surface area (Å²) in [5, 5.41) is 2.64. The Morgan fingerprint density at radius 2 is 1.93 bits per heavy atom. The summed E-state index contributed by atoms with van der Waals surface area (Å²) in [4.78, 5) is 41.6. The number of unbranched alkanes of at least 4 members (excludes halogenated alkanes) is 1. The molecule has 2 heterocycles. The second kappa shape index (κ2) is 15.8. The maximum Gasteiger partial charge on any atom is 0.331 e. The number of nitrogens with one attached hydrogen (secondary N) is 1. The van der Waals surface area contributed by atoms with E-state index < -0.39 is 36.8 Å². The van der Waals surface area contributed by atoms with Crippen LogP contribution in [0.2, 0.25) is 0 Å². The molecule has 1 fully saturated rings. The summed E-state index contributed by atoms with van der Waals surface area (Å²) in [6, 6.07) is 10.2. The first kappa shape index (κ1) is 30.8. The Morgan fingerprint density at radius 3 is 2.62 bits per heavy atom. The van der Waals surface area contributed by atoms with Crippen molar-refractivity contribution in [3.05, 3.63) is 53.9 Å². The molecular weight excluding hydrogens is 520 g/mol. The second-order valence-electron chi connectivity index (χ2n) is 9.44. The highest BCUT2D eigenvalue weighted by Gasteiger charge is 2.35. The zero-order chi connectivity index (χ0) is 28.9. The van der Waals surface area contributed by atoms with Crippen molar-refractivity contribution in [2.24, 2.45) is 5.92 Å². The number of nitrogens with zero attached hydrogens (tertiary/aromatic N) is 1. The molecule has 1 N–H and O–H groups in total. The average molecular weight is 559 g/mol. The molecule has 1 aliphatic heterocycles. The monoisotopic (exact) mass is 558 g/mol. The van der Waals surface area contributed by atoms with Crippen LogP contribution in [0.15, 0.2) is 42.6 Å². The molecule has 0 saturated carbocycles. The number of carbonyl (C=O) groups is 3. The summed E-state index contributed by atoms with van der Waals surface area (Å²) >= 11 is 0. The first-order valence-corrected chi connectivity index (χ1v) is 13.4. The number of pyridine rings is 1. The van der Waals surface area contributed by atoms with Crippen molar-refractivity contribution in [3.63, 3.8) is 0 Å². The van der Waals surface area contributed by atoms with Crippen molar-refractivity contribution in [1.82, 2.24) is 10.3 Å². The number of hydrogen-bond acceptors (Lipinski definition) is 10. The normalized spacial score (nSPS) is 21.2. The molecular formula is C29H38N2O9.